The Morgan fingerprint density at radius 3 is 2.34 bits per heavy atom. The van der Waals surface area contributed by atoms with Gasteiger partial charge in [0.25, 0.3) is 0 Å². The molecule has 0 radical (unpaired) electrons. The fourth-order valence-electron chi connectivity index (χ4n) is 3.60. The van der Waals surface area contributed by atoms with E-state index in [1.165, 1.54) is 11.8 Å². The molecule has 0 unspecified atom stereocenters. The zero-order chi connectivity index (χ0) is 23.3. The maximum Gasteiger partial charge on any atom is 0.243 e. The van der Waals surface area contributed by atoms with Gasteiger partial charge in [-0.25, -0.2) is 0 Å². The zero-order valence-electron chi connectivity index (χ0n) is 19.2. The molecule has 2 amide bonds. The van der Waals surface area contributed by atoms with Crippen LogP contribution in [0.15, 0.2) is 41.6 Å². The minimum absolute atomic E-state index is 0.0822. The molecule has 0 saturated heterocycles. The summed E-state index contributed by atoms with van der Waals surface area (Å²) >= 11 is 1.31. The fourth-order valence-corrected chi connectivity index (χ4v) is 4.43. The van der Waals surface area contributed by atoms with Crippen LogP contribution in [0.5, 0.6) is 0 Å². The number of thioether (sulfide) groups is 1. The van der Waals surface area contributed by atoms with Gasteiger partial charge >= 0.3 is 0 Å². The molecule has 2 N–H and O–H groups in total. The molecule has 0 atom stereocenters. The van der Waals surface area contributed by atoms with Crippen molar-refractivity contribution in [2.24, 2.45) is 0 Å². The Morgan fingerprint density at radius 2 is 1.69 bits per heavy atom. The van der Waals surface area contributed by atoms with E-state index in [2.05, 4.69) is 26.9 Å². The molecule has 0 aliphatic rings. The van der Waals surface area contributed by atoms with Gasteiger partial charge in [0.1, 0.15) is 0 Å². The van der Waals surface area contributed by atoms with Crippen molar-refractivity contribution in [1.29, 1.82) is 0 Å². The third-order valence-electron chi connectivity index (χ3n) is 5.03. The van der Waals surface area contributed by atoms with Crippen molar-refractivity contribution in [3.05, 3.63) is 58.7 Å². The summed E-state index contributed by atoms with van der Waals surface area (Å²) in [6, 6.07) is 12.1. The number of aryl methyl sites for hydroxylation is 4. The first-order valence-corrected chi connectivity index (χ1v) is 11.5. The van der Waals surface area contributed by atoms with Gasteiger partial charge in [0.2, 0.25) is 11.8 Å². The summed E-state index contributed by atoms with van der Waals surface area (Å²) in [5, 5.41) is 14.8. The zero-order valence-corrected chi connectivity index (χ0v) is 20.0. The predicted octanol–water partition coefficient (Wildman–Crippen LogP) is 4.05. The van der Waals surface area contributed by atoms with E-state index in [1.54, 1.807) is 0 Å². The van der Waals surface area contributed by atoms with E-state index in [-0.39, 0.29) is 24.1 Å². The van der Waals surface area contributed by atoms with Crippen LogP contribution in [0.2, 0.25) is 0 Å². The Hall–Kier alpha value is -3.13. The number of aromatic nitrogens is 3. The monoisotopic (exact) mass is 451 g/mol. The van der Waals surface area contributed by atoms with Crippen LogP contribution >= 0.6 is 11.8 Å². The molecule has 1 heterocycles. The summed E-state index contributed by atoms with van der Waals surface area (Å²) in [6.07, 6.45) is 0. The number of carbonyl (C=O) groups is 2. The number of hydrogen-bond acceptors (Lipinski definition) is 5. The number of hydrogen-bond donors (Lipinski definition) is 2. The topological polar surface area (TPSA) is 88.9 Å². The number of rotatable bonds is 8. The number of amides is 2. The van der Waals surface area contributed by atoms with Crippen LogP contribution < -0.4 is 10.6 Å². The molecule has 3 aromatic rings. The predicted molar refractivity (Wildman–Crippen MR) is 129 cm³/mol. The third kappa shape index (κ3) is 5.76. The molecule has 3 rings (SSSR count). The van der Waals surface area contributed by atoms with Crippen LogP contribution in [0, 0.1) is 27.7 Å². The molecule has 168 valence electrons. The Morgan fingerprint density at radius 1 is 0.969 bits per heavy atom. The molecule has 0 fully saturated rings. The SMILES string of the molecule is CCn1c(SCC(=O)NCC(=O)Nc2c(C)cc(C)cc2C)nnc1-c1cccc(C)c1. The Bertz CT molecular complexity index is 1120. The minimum atomic E-state index is -0.253. The molecule has 0 aliphatic heterocycles. The van der Waals surface area contributed by atoms with Crippen molar-refractivity contribution in [2.75, 3.05) is 17.6 Å². The highest BCUT2D eigenvalue weighted by Crippen LogP contribution is 2.24. The number of nitrogens with zero attached hydrogens (tertiary/aromatic N) is 3. The second-order valence-corrected chi connectivity index (χ2v) is 8.75. The quantitative estimate of drug-likeness (QED) is 0.505. The highest BCUT2D eigenvalue weighted by atomic mass is 32.2. The smallest absolute Gasteiger partial charge is 0.243 e. The lowest BCUT2D eigenvalue weighted by Crippen LogP contribution is -2.34. The molecule has 7 nitrogen and oxygen atoms in total. The van der Waals surface area contributed by atoms with Gasteiger partial charge in [0.05, 0.1) is 12.3 Å². The van der Waals surface area contributed by atoms with E-state index < -0.39 is 0 Å². The highest BCUT2D eigenvalue weighted by molar-refractivity contribution is 7.99. The molecule has 0 bridgehead atoms. The van der Waals surface area contributed by atoms with Gasteiger partial charge in [0.15, 0.2) is 11.0 Å². The maximum atomic E-state index is 12.3. The molecular weight excluding hydrogens is 422 g/mol. The van der Waals surface area contributed by atoms with Gasteiger partial charge in [-0.15, -0.1) is 10.2 Å². The fraction of sp³-hybridized carbons (Fsp3) is 0.333. The average molecular weight is 452 g/mol. The number of carbonyl (C=O) groups excluding carboxylic acids is 2. The molecule has 8 heteroatoms. The van der Waals surface area contributed by atoms with E-state index in [0.29, 0.717) is 11.7 Å². The summed E-state index contributed by atoms with van der Waals surface area (Å²) in [7, 11) is 0. The largest absolute Gasteiger partial charge is 0.346 e. The van der Waals surface area contributed by atoms with E-state index >= 15 is 0 Å². The molecule has 1 aromatic heterocycles. The molecule has 2 aromatic carbocycles. The Balaban J connectivity index is 1.55. The summed E-state index contributed by atoms with van der Waals surface area (Å²) in [5.41, 5.74) is 6.09. The number of anilines is 1. The first kappa shape index (κ1) is 23.5. The van der Waals surface area contributed by atoms with E-state index in [9.17, 15) is 9.59 Å². The van der Waals surface area contributed by atoms with Gasteiger partial charge in [-0.3, -0.25) is 9.59 Å². The van der Waals surface area contributed by atoms with Crippen LogP contribution in [-0.4, -0.2) is 38.9 Å². The van der Waals surface area contributed by atoms with Crippen molar-refractivity contribution in [3.63, 3.8) is 0 Å². The first-order valence-electron chi connectivity index (χ1n) is 10.6. The normalized spacial score (nSPS) is 10.8. The minimum Gasteiger partial charge on any atom is -0.346 e. The number of nitrogens with one attached hydrogen (secondary N) is 2. The Kier molecular flexibility index (Phi) is 7.69. The van der Waals surface area contributed by atoms with Crippen molar-refractivity contribution in [3.8, 4) is 11.4 Å². The van der Waals surface area contributed by atoms with Crippen LogP contribution in [0.4, 0.5) is 5.69 Å². The second-order valence-electron chi connectivity index (χ2n) is 7.81. The van der Waals surface area contributed by atoms with Gasteiger partial charge < -0.3 is 15.2 Å². The highest BCUT2D eigenvalue weighted by Gasteiger charge is 2.15. The summed E-state index contributed by atoms with van der Waals surface area (Å²) in [4.78, 5) is 24.6. The molecule has 0 saturated carbocycles. The van der Waals surface area contributed by atoms with Gasteiger partial charge in [-0.2, -0.15) is 0 Å². The lowest BCUT2D eigenvalue weighted by molar-refractivity contribution is -0.122. The third-order valence-corrected chi connectivity index (χ3v) is 6.00. The summed E-state index contributed by atoms with van der Waals surface area (Å²) in [5.74, 6) is 0.450. The average Bonchev–Trinajstić information content (AvgIpc) is 3.16. The molecule has 0 aliphatic carbocycles. The van der Waals surface area contributed by atoms with E-state index in [4.69, 9.17) is 0 Å². The van der Waals surface area contributed by atoms with Gasteiger partial charge in [-0.1, -0.05) is 53.2 Å². The maximum absolute atomic E-state index is 12.3. The molecular formula is C24H29N5O2S. The van der Waals surface area contributed by atoms with Crippen LogP contribution in [0.3, 0.4) is 0 Å². The first-order chi connectivity index (χ1) is 15.3. The van der Waals surface area contributed by atoms with Crippen LogP contribution in [0.25, 0.3) is 11.4 Å². The summed E-state index contributed by atoms with van der Waals surface area (Å²) in [6.45, 7) is 10.6. The lowest BCUT2D eigenvalue weighted by Gasteiger charge is -2.13. The van der Waals surface area contributed by atoms with Gasteiger partial charge in [-0.05, 0) is 51.8 Å². The standard InChI is InChI=1S/C24H29N5O2S/c1-6-29-23(19-9-7-8-15(2)12-19)27-28-24(29)32-14-21(31)25-13-20(30)26-22-17(4)10-16(3)11-18(22)5/h7-12H,6,13-14H2,1-5H3,(H,25,31)(H,26,30). The lowest BCUT2D eigenvalue weighted by atomic mass is 10.1. The Labute approximate surface area is 193 Å². The van der Waals surface area contributed by atoms with Crippen molar-refractivity contribution in [1.82, 2.24) is 20.1 Å². The van der Waals surface area contributed by atoms with Crippen molar-refractivity contribution >= 4 is 29.3 Å². The van der Waals surface area contributed by atoms with Gasteiger partial charge in [0, 0.05) is 17.8 Å². The molecule has 0 spiro atoms. The van der Waals surface area contributed by atoms with E-state index in [1.807, 2.05) is 69.5 Å². The van der Waals surface area contributed by atoms with Crippen molar-refractivity contribution < 1.29 is 9.59 Å². The second kappa shape index (κ2) is 10.5. The summed E-state index contributed by atoms with van der Waals surface area (Å²) < 4.78 is 1.99. The van der Waals surface area contributed by atoms with E-state index in [0.717, 1.165) is 39.3 Å². The molecule has 32 heavy (non-hydrogen) atoms. The van der Waals surface area contributed by atoms with Crippen molar-refractivity contribution in [2.45, 2.75) is 46.3 Å². The number of benzene rings is 2. The van der Waals surface area contributed by atoms with Crippen LogP contribution in [-0.2, 0) is 16.1 Å². The van der Waals surface area contributed by atoms with Crippen LogP contribution in [0.1, 0.15) is 29.2 Å².